The molecule has 1 N–H and O–H groups in total. The minimum atomic E-state index is 0.881. The van der Waals surface area contributed by atoms with E-state index in [1.807, 2.05) is 0 Å². The van der Waals surface area contributed by atoms with Crippen LogP contribution in [0.15, 0.2) is 0 Å². The maximum absolute atomic E-state index is 3.59. The van der Waals surface area contributed by atoms with Gasteiger partial charge in [0.05, 0.1) is 0 Å². The Bertz CT molecular complexity index is 168. The molecule has 17 heavy (non-hydrogen) atoms. The minimum Gasteiger partial charge on any atom is -0.315 e. The number of likely N-dealkylation sites (tertiary alicyclic amines) is 1. The van der Waals surface area contributed by atoms with Crippen LogP contribution in [0.4, 0.5) is 0 Å². The van der Waals surface area contributed by atoms with E-state index >= 15 is 0 Å². The molecule has 1 heterocycles. The Balaban J connectivity index is 2.06. The number of nitrogens with zero attached hydrogens (tertiary/aromatic N) is 1. The van der Waals surface area contributed by atoms with Crippen molar-refractivity contribution in [1.82, 2.24) is 10.2 Å². The molecule has 1 rings (SSSR count). The second-order valence-corrected chi connectivity index (χ2v) is 5.43. The van der Waals surface area contributed by atoms with Crippen molar-refractivity contribution in [3.05, 3.63) is 0 Å². The van der Waals surface area contributed by atoms with Crippen LogP contribution < -0.4 is 5.32 Å². The highest BCUT2D eigenvalue weighted by Crippen LogP contribution is 2.19. The maximum atomic E-state index is 3.59. The van der Waals surface area contributed by atoms with E-state index in [1.54, 1.807) is 0 Å². The highest BCUT2D eigenvalue weighted by Gasteiger charge is 2.20. The summed E-state index contributed by atoms with van der Waals surface area (Å²) in [6.07, 6.45) is 11.1. The smallest absolute Gasteiger partial charge is 0.0110 e. The first kappa shape index (κ1) is 15.0. The second kappa shape index (κ2) is 9.90. The molecule has 0 spiro atoms. The molecule has 0 aromatic carbocycles. The average molecular weight is 240 g/mol. The predicted octanol–water partition coefficient (Wildman–Crippen LogP) is 3.42. The van der Waals surface area contributed by atoms with E-state index in [2.05, 4.69) is 24.1 Å². The lowest BCUT2D eigenvalue weighted by atomic mass is 9.98. The lowest BCUT2D eigenvalue weighted by molar-refractivity contribution is 0.140. The summed E-state index contributed by atoms with van der Waals surface area (Å²) in [5, 5.41) is 3.59. The average Bonchev–Trinajstić information content (AvgIpc) is 2.36. The summed E-state index contributed by atoms with van der Waals surface area (Å²) < 4.78 is 0. The van der Waals surface area contributed by atoms with Crippen molar-refractivity contribution in [3.8, 4) is 0 Å². The molecule has 0 radical (unpaired) electrons. The van der Waals surface area contributed by atoms with E-state index < -0.39 is 0 Å². The first-order valence-corrected chi connectivity index (χ1v) is 7.83. The molecule has 0 amide bonds. The number of hydrogen-bond donors (Lipinski definition) is 1. The van der Waals surface area contributed by atoms with Crippen molar-refractivity contribution in [2.45, 2.75) is 71.3 Å². The summed E-state index contributed by atoms with van der Waals surface area (Å²) in [5.74, 6) is 0. The lowest BCUT2D eigenvalue weighted by Gasteiger charge is -2.35. The molecule has 102 valence electrons. The normalized spacial score (nSPS) is 21.9. The monoisotopic (exact) mass is 240 g/mol. The SMILES string of the molecule is CCCCCNCCN1CCCCC1CCC. The molecule has 1 fully saturated rings. The van der Waals surface area contributed by atoms with E-state index in [0.717, 1.165) is 6.04 Å². The number of unbranched alkanes of at least 4 members (excludes halogenated alkanes) is 2. The van der Waals surface area contributed by atoms with Crippen molar-refractivity contribution >= 4 is 0 Å². The van der Waals surface area contributed by atoms with Crippen LogP contribution in [0, 0.1) is 0 Å². The highest BCUT2D eigenvalue weighted by molar-refractivity contribution is 4.76. The first-order valence-electron chi connectivity index (χ1n) is 7.83. The van der Waals surface area contributed by atoms with Gasteiger partial charge in [0.2, 0.25) is 0 Å². The fourth-order valence-corrected chi connectivity index (χ4v) is 2.86. The van der Waals surface area contributed by atoms with E-state index in [0.29, 0.717) is 0 Å². The molecule has 0 aliphatic carbocycles. The molecule has 0 saturated carbocycles. The second-order valence-electron chi connectivity index (χ2n) is 5.43. The van der Waals surface area contributed by atoms with Crippen LogP contribution in [0.5, 0.6) is 0 Å². The van der Waals surface area contributed by atoms with Crippen molar-refractivity contribution in [2.24, 2.45) is 0 Å². The molecule has 1 atom stereocenters. The fraction of sp³-hybridized carbons (Fsp3) is 1.00. The van der Waals surface area contributed by atoms with Gasteiger partial charge in [0.1, 0.15) is 0 Å². The fourth-order valence-electron chi connectivity index (χ4n) is 2.86. The summed E-state index contributed by atoms with van der Waals surface area (Å²) in [6, 6.07) is 0.881. The Hall–Kier alpha value is -0.0800. The van der Waals surface area contributed by atoms with Gasteiger partial charge in [-0.1, -0.05) is 39.5 Å². The van der Waals surface area contributed by atoms with Gasteiger partial charge in [-0.05, 0) is 38.8 Å². The summed E-state index contributed by atoms with van der Waals surface area (Å²) in [6.45, 7) is 9.57. The topological polar surface area (TPSA) is 15.3 Å². The molecule has 0 bridgehead atoms. The Morgan fingerprint density at radius 2 is 1.94 bits per heavy atom. The maximum Gasteiger partial charge on any atom is 0.0110 e. The summed E-state index contributed by atoms with van der Waals surface area (Å²) in [4.78, 5) is 2.72. The number of hydrogen-bond acceptors (Lipinski definition) is 2. The molecular formula is C15H32N2. The van der Waals surface area contributed by atoms with Crippen molar-refractivity contribution in [2.75, 3.05) is 26.2 Å². The third-order valence-electron chi connectivity index (χ3n) is 3.90. The van der Waals surface area contributed by atoms with Gasteiger partial charge >= 0.3 is 0 Å². The molecule has 1 unspecified atom stereocenters. The van der Waals surface area contributed by atoms with E-state index in [1.165, 1.54) is 77.5 Å². The Morgan fingerprint density at radius 3 is 2.71 bits per heavy atom. The van der Waals surface area contributed by atoms with Gasteiger partial charge in [-0.15, -0.1) is 0 Å². The van der Waals surface area contributed by atoms with Crippen LogP contribution in [-0.4, -0.2) is 37.1 Å². The standard InChI is InChI=1S/C15H32N2/c1-3-5-7-11-16-12-14-17-13-8-6-10-15(17)9-4-2/h15-16H,3-14H2,1-2H3. The van der Waals surface area contributed by atoms with Gasteiger partial charge in [-0.2, -0.15) is 0 Å². The van der Waals surface area contributed by atoms with Gasteiger partial charge < -0.3 is 5.32 Å². The van der Waals surface area contributed by atoms with Gasteiger partial charge in [0.15, 0.2) is 0 Å². The quantitative estimate of drug-likeness (QED) is 0.621. The van der Waals surface area contributed by atoms with Crippen LogP contribution in [0.1, 0.15) is 65.2 Å². The third kappa shape index (κ3) is 6.42. The zero-order valence-corrected chi connectivity index (χ0v) is 12.0. The number of piperidine rings is 1. The summed E-state index contributed by atoms with van der Waals surface area (Å²) in [5.41, 5.74) is 0. The molecule has 1 saturated heterocycles. The van der Waals surface area contributed by atoms with E-state index in [4.69, 9.17) is 0 Å². The molecule has 2 nitrogen and oxygen atoms in total. The van der Waals surface area contributed by atoms with Gasteiger partial charge in [-0.3, -0.25) is 4.90 Å². The molecule has 0 aromatic rings. The minimum absolute atomic E-state index is 0.881. The number of nitrogens with one attached hydrogen (secondary N) is 1. The van der Waals surface area contributed by atoms with Crippen molar-refractivity contribution in [3.63, 3.8) is 0 Å². The number of rotatable bonds is 9. The first-order chi connectivity index (χ1) is 8.38. The zero-order valence-electron chi connectivity index (χ0n) is 12.0. The van der Waals surface area contributed by atoms with Crippen LogP contribution >= 0.6 is 0 Å². The van der Waals surface area contributed by atoms with Crippen molar-refractivity contribution < 1.29 is 0 Å². The van der Waals surface area contributed by atoms with Crippen LogP contribution in [0.2, 0.25) is 0 Å². The molecule has 1 aliphatic rings. The third-order valence-corrected chi connectivity index (χ3v) is 3.90. The Kier molecular flexibility index (Phi) is 8.72. The molecule has 1 aliphatic heterocycles. The Morgan fingerprint density at radius 1 is 1.06 bits per heavy atom. The predicted molar refractivity (Wildman–Crippen MR) is 76.5 cm³/mol. The molecular weight excluding hydrogens is 208 g/mol. The van der Waals surface area contributed by atoms with Gasteiger partial charge in [0.25, 0.3) is 0 Å². The highest BCUT2D eigenvalue weighted by atomic mass is 15.2. The Labute approximate surface area is 108 Å². The van der Waals surface area contributed by atoms with Crippen molar-refractivity contribution in [1.29, 1.82) is 0 Å². The van der Waals surface area contributed by atoms with Crippen LogP contribution in [0.3, 0.4) is 0 Å². The van der Waals surface area contributed by atoms with Crippen LogP contribution in [-0.2, 0) is 0 Å². The zero-order chi connectivity index (χ0) is 12.3. The van der Waals surface area contributed by atoms with E-state index in [-0.39, 0.29) is 0 Å². The molecule has 2 heteroatoms. The summed E-state index contributed by atoms with van der Waals surface area (Å²) >= 11 is 0. The van der Waals surface area contributed by atoms with Crippen LogP contribution in [0.25, 0.3) is 0 Å². The van der Waals surface area contributed by atoms with E-state index in [9.17, 15) is 0 Å². The summed E-state index contributed by atoms with van der Waals surface area (Å²) in [7, 11) is 0. The molecule has 0 aromatic heterocycles. The van der Waals surface area contributed by atoms with Gasteiger partial charge in [0, 0.05) is 19.1 Å². The lowest BCUT2D eigenvalue weighted by Crippen LogP contribution is -2.43. The largest absolute Gasteiger partial charge is 0.315 e. The van der Waals surface area contributed by atoms with Gasteiger partial charge in [-0.25, -0.2) is 0 Å².